The number of aryl methyl sites for hydroxylation is 2. The van der Waals surface area contributed by atoms with Gasteiger partial charge in [0.1, 0.15) is 11.6 Å². The van der Waals surface area contributed by atoms with Gasteiger partial charge in [0.15, 0.2) is 0 Å². The Labute approximate surface area is 204 Å². The maximum Gasteiger partial charge on any atom is 2.00 e. The van der Waals surface area contributed by atoms with Gasteiger partial charge in [-0.3, -0.25) is 0 Å². The van der Waals surface area contributed by atoms with Crippen molar-refractivity contribution in [1.29, 1.82) is 0 Å². The number of hydrogen-bond donors (Lipinski definition) is 0. The maximum atomic E-state index is 4.45. The molecule has 0 unspecified atom stereocenters. The topological polar surface area (TPSA) is 106 Å². The van der Waals surface area contributed by atoms with Crippen LogP contribution in [-0.2, 0) is 21.1 Å². The monoisotopic (exact) mass is 613 g/mol. The van der Waals surface area contributed by atoms with Gasteiger partial charge in [0, 0.05) is 34.6 Å². The summed E-state index contributed by atoms with van der Waals surface area (Å²) < 4.78 is 0. The van der Waals surface area contributed by atoms with E-state index < -0.39 is 0 Å². The van der Waals surface area contributed by atoms with Gasteiger partial charge < -0.3 is 20.4 Å². The SMILES string of the molecule is Cc1cc(-c2ncc3ccccc3n2)[n-]n1.Cc1cc(-c2ncc3ccccc3n2)[n-]n1.[Pt+2]. The maximum absolute atomic E-state index is 4.45. The minimum atomic E-state index is 0. The van der Waals surface area contributed by atoms with E-state index in [9.17, 15) is 0 Å². The molecule has 6 rings (SSSR count). The number of hydrogen-bond acceptors (Lipinski definition) is 6. The molecule has 0 spiro atoms. The Balaban J connectivity index is 0.000000152. The second-order valence-electron chi connectivity index (χ2n) is 7.25. The van der Waals surface area contributed by atoms with Crippen LogP contribution in [0.5, 0.6) is 0 Å². The normalized spacial score (nSPS) is 10.5. The van der Waals surface area contributed by atoms with Crippen molar-refractivity contribution in [1.82, 2.24) is 40.3 Å². The van der Waals surface area contributed by atoms with E-state index >= 15 is 0 Å². The van der Waals surface area contributed by atoms with Crippen molar-refractivity contribution >= 4 is 21.8 Å². The van der Waals surface area contributed by atoms with Crippen LogP contribution in [0.4, 0.5) is 0 Å². The Hall–Kier alpha value is -3.77. The van der Waals surface area contributed by atoms with Crippen LogP contribution in [-0.4, -0.2) is 30.1 Å². The van der Waals surface area contributed by atoms with Gasteiger partial charge in [0.05, 0.1) is 11.0 Å². The van der Waals surface area contributed by atoms with Gasteiger partial charge in [-0.15, -0.1) is 0 Å². The molecule has 33 heavy (non-hydrogen) atoms. The molecule has 6 aromatic rings. The van der Waals surface area contributed by atoms with Crippen LogP contribution in [0.2, 0.25) is 0 Å². The number of nitrogens with zero attached hydrogens (tertiary/aromatic N) is 8. The van der Waals surface area contributed by atoms with Crippen molar-refractivity contribution in [3.05, 3.63) is 84.4 Å². The van der Waals surface area contributed by atoms with Crippen LogP contribution in [0.3, 0.4) is 0 Å². The minimum Gasteiger partial charge on any atom is -0.572 e. The largest absolute Gasteiger partial charge is 2.00 e. The van der Waals surface area contributed by atoms with Gasteiger partial charge in [-0.05, 0) is 26.0 Å². The van der Waals surface area contributed by atoms with E-state index in [4.69, 9.17) is 0 Å². The summed E-state index contributed by atoms with van der Waals surface area (Å²) in [6.07, 6.45) is 3.61. The molecule has 0 radical (unpaired) electrons. The summed E-state index contributed by atoms with van der Waals surface area (Å²) in [7, 11) is 0. The van der Waals surface area contributed by atoms with Crippen molar-refractivity contribution in [3.8, 4) is 23.0 Å². The number of rotatable bonds is 2. The predicted octanol–water partition coefficient (Wildman–Crippen LogP) is 3.91. The van der Waals surface area contributed by atoms with Crippen LogP contribution in [0.1, 0.15) is 11.4 Å². The van der Waals surface area contributed by atoms with Crippen LogP contribution >= 0.6 is 0 Å². The van der Waals surface area contributed by atoms with Crippen LogP contribution in [0.25, 0.3) is 44.8 Å². The Morgan fingerprint density at radius 1 is 0.606 bits per heavy atom. The first-order chi connectivity index (χ1) is 15.7. The van der Waals surface area contributed by atoms with E-state index in [1.807, 2.05) is 86.9 Å². The zero-order valence-corrected chi connectivity index (χ0v) is 20.1. The van der Waals surface area contributed by atoms with Gasteiger partial charge in [-0.25, -0.2) is 19.9 Å². The molecule has 4 aromatic heterocycles. The molecule has 0 saturated carbocycles. The van der Waals surface area contributed by atoms with E-state index in [-0.39, 0.29) is 21.1 Å². The molecular formula is C24H18N8Pt. The second kappa shape index (κ2) is 9.79. The average molecular weight is 614 g/mol. The molecule has 0 atom stereocenters. The summed E-state index contributed by atoms with van der Waals surface area (Å²) in [5, 5.41) is 18.0. The third-order valence-corrected chi connectivity index (χ3v) is 4.76. The fourth-order valence-corrected chi connectivity index (χ4v) is 3.19. The summed E-state index contributed by atoms with van der Waals surface area (Å²) in [5.74, 6) is 1.25. The van der Waals surface area contributed by atoms with E-state index in [1.165, 1.54) is 0 Å². The quantitative estimate of drug-likeness (QED) is 0.290. The third kappa shape index (κ3) is 5.01. The molecule has 0 bridgehead atoms. The molecule has 0 amide bonds. The molecule has 8 nitrogen and oxygen atoms in total. The molecule has 0 fully saturated rings. The molecule has 0 aliphatic carbocycles. The predicted molar refractivity (Wildman–Crippen MR) is 122 cm³/mol. The van der Waals surface area contributed by atoms with Gasteiger partial charge in [-0.1, -0.05) is 59.9 Å². The Morgan fingerprint density at radius 3 is 1.42 bits per heavy atom. The first kappa shape index (κ1) is 22.4. The van der Waals surface area contributed by atoms with Crippen LogP contribution < -0.4 is 10.2 Å². The number of para-hydroxylation sites is 2. The summed E-state index contributed by atoms with van der Waals surface area (Å²) in [6.45, 7) is 3.80. The number of fused-ring (bicyclic) bond motifs is 2. The number of aromatic nitrogens is 8. The van der Waals surface area contributed by atoms with E-state index in [2.05, 4.69) is 40.3 Å². The van der Waals surface area contributed by atoms with Gasteiger partial charge in [0.2, 0.25) is 0 Å². The van der Waals surface area contributed by atoms with Crippen molar-refractivity contribution in [2.75, 3.05) is 0 Å². The summed E-state index contributed by atoms with van der Waals surface area (Å²) >= 11 is 0. The fourth-order valence-electron chi connectivity index (χ4n) is 3.19. The average Bonchev–Trinajstić information content (AvgIpc) is 3.47. The fraction of sp³-hybridized carbons (Fsp3) is 0.0833. The zero-order chi connectivity index (χ0) is 21.9. The third-order valence-electron chi connectivity index (χ3n) is 4.76. The standard InChI is InChI=1S/2C12H9N4.Pt/c2*1-8-6-11(16-15-8)12-13-7-9-4-2-3-5-10(9)14-12;/h2*2-7H,1H3;/q2*-1;+2. The molecule has 0 N–H and O–H groups in total. The van der Waals surface area contributed by atoms with E-state index in [0.29, 0.717) is 11.6 Å². The molecule has 0 saturated heterocycles. The summed E-state index contributed by atoms with van der Waals surface area (Å²) in [5.41, 5.74) is 5.06. The van der Waals surface area contributed by atoms with Crippen molar-refractivity contribution < 1.29 is 21.1 Å². The molecule has 4 heterocycles. The first-order valence-electron chi connectivity index (χ1n) is 10.0. The van der Waals surface area contributed by atoms with Crippen LogP contribution in [0, 0.1) is 13.8 Å². The molecule has 0 aliphatic rings. The first-order valence-corrected chi connectivity index (χ1v) is 10.0. The van der Waals surface area contributed by atoms with E-state index in [0.717, 1.165) is 44.6 Å². The zero-order valence-electron chi connectivity index (χ0n) is 17.8. The molecular weight excluding hydrogens is 595 g/mol. The Bertz CT molecular complexity index is 1410. The van der Waals surface area contributed by atoms with Gasteiger partial charge >= 0.3 is 21.1 Å². The van der Waals surface area contributed by atoms with Crippen molar-refractivity contribution in [2.45, 2.75) is 13.8 Å². The summed E-state index contributed by atoms with van der Waals surface area (Å²) in [4.78, 5) is 17.4. The molecule has 2 aromatic carbocycles. The molecule has 9 heteroatoms. The van der Waals surface area contributed by atoms with Gasteiger partial charge in [0.25, 0.3) is 0 Å². The van der Waals surface area contributed by atoms with Gasteiger partial charge in [-0.2, -0.15) is 0 Å². The van der Waals surface area contributed by atoms with E-state index in [1.54, 1.807) is 0 Å². The Kier molecular flexibility index (Phi) is 6.65. The Morgan fingerprint density at radius 2 is 1.03 bits per heavy atom. The van der Waals surface area contributed by atoms with Crippen molar-refractivity contribution in [2.24, 2.45) is 0 Å². The molecule has 0 aliphatic heterocycles. The van der Waals surface area contributed by atoms with Crippen LogP contribution in [0.15, 0.2) is 73.1 Å². The minimum absolute atomic E-state index is 0. The number of benzene rings is 2. The summed E-state index contributed by atoms with van der Waals surface area (Å²) in [6, 6.07) is 19.5. The smallest absolute Gasteiger partial charge is 0.572 e. The second-order valence-corrected chi connectivity index (χ2v) is 7.25. The molecule has 164 valence electrons. The van der Waals surface area contributed by atoms with Crippen molar-refractivity contribution in [3.63, 3.8) is 0 Å².